The van der Waals surface area contributed by atoms with E-state index in [-0.39, 0.29) is 42.5 Å². The van der Waals surface area contributed by atoms with Crippen molar-refractivity contribution in [3.05, 3.63) is 48.3 Å². The molecule has 7 nitrogen and oxygen atoms in total. The van der Waals surface area contributed by atoms with Crippen molar-refractivity contribution in [2.75, 3.05) is 32.7 Å². The zero-order chi connectivity index (χ0) is 18.1. The summed E-state index contributed by atoms with van der Waals surface area (Å²) in [6.07, 6.45) is 2.38. The average molecular weight is 472 g/mol. The summed E-state index contributed by atoms with van der Waals surface area (Å²) in [7, 11) is 3.15. The second-order valence-corrected chi connectivity index (χ2v) is 5.49. The van der Waals surface area contributed by atoms with Gasteiger partial charge in [-0.1, -0.05) is 6.07 Å². The highest BCUT2D eigenvalue weighted by molar-refractivity contribution is 14.0. The monoisotopic (exact) mass is 472 g/mol. The molecule has 1 atom stereocenters. The van der Waals surface area contributed by atoms with Crippen LogP contribution in [0.4, 0.5) is 5.69 Å². The van der Waals surface area contributed by atoms with Gasteiger partial charge in [0, 0.05) is 42.7 Å². The van der Waals surface area contributed by atoms with E-state index in [1.54, 1.807) is 32.5 Å². The lowest BCUT2D eigenvalue weighted by Gasteiger charge is -2.13. The Morgan fingerprint density at radius 3 is 2.62 bits per heavy atom. The van der Waals surface area contributed by atoms with Gasteiger partial charge in [0.25, 0.3) is 0 Å². The van der Waals surface area contributed by atoms with Crippen LogP contribution in [0.25, 0.3) is 0 Å². The van der Waals surface area contributed by atoms with Crippen LogP contribution in [0.1, 0.15) is 5.69 Å². The van der Waals surface area contributed by atoms with Crippen LogP contribution >= 0.6 is 24.0 Å². The highest BCUT2D eigenvalue weighted by Crippen LogP contribution is 2.29. The van der Waals surface area contributed by atoms with Crippen molar-refractivity contribution in [1.29, 1.82) is 0 Å². The lowest BCUT2D eigenvalue weighted by molar-refractivity contribution is 0.229. The first kappa shape index (κ1) is 22.0. The molecule has 142 valence electrons. The second kappa shape index (κ2) is 11.5. The Labute approximate surface area is 170 Å². The molecule has 0 aliphatic rings. The highest BCUT2D eigenvalue weighted by atomic mass is 127. The minimum atomic E-state index is -0.0411. The molecule has 1 unspecified atom stereocenters. The Morgan fingerprint density at radius 1 is 1.23 bits per heavy atom. The summed E-state index contributed by atoms with van der Waals surface area (Å²) in [5, 5.41) is 12.5. The zero-order valence-corrected chi connectivity index (χ0v) is 17.2. The third kappa shape index (κ3) is 6.68. The first-order valence-electron chi connectivity index (χ1n) is 7.96. The zero-order valence-electron chi connectivity index (χ0n) is 14.9. The second-order valence-electron chi connectivity index (χ2n) is 5.49. The average Bonchev–Trinajstić information content (AvgIpc) is 2.65. The Balaban J connectivity index is 0.00000338. The molecule has 8 heteroatoms. The molecule has 1 aromatic heterocycles. The summed E-state index contributed by atoms with van der Waals surface area (Å²) >= 11 is 0. The number of aliphatic hydroxyl groups excluding tert-OH is 1. The fourth-order valence-corrected chi connectivity index (χ4v) is 2.33. The number of methoxy groups -OCH3 is 2. The van der Waals surface area contributed by atoms with Crippen LogP contribution < -0.4 is 20.5 Å². The molecule has 1 heterocycles. The number of anilines is 1. The summed E-state index contributed by atoms with van der Waals surface area (Å²) < 4.78 is 10.5. The number of hydrogen-bond donors (Lipinski definition) is 3. The van der Waals surface area contributed by atoms with E-state index in [9.17, 15) is 5.11 Å². The van der Waals surface area contributed by atoms with Gasteiger partial charge in [-0.3, -0.25) is 9.98 Å². The molecule has 0 bridgehead atoms. The first-order chi connectivity index (χ1) is 12.2. The van der Waals surface area contributed by atoms with Crippen LogP contribution in [0.3, 0.4) is 0 Å². The number of benzene rings is 1. The summed E-state index contributed by atoms with van der Waals surface area (Å²) in [4.78, 5) is 8.57. The van der Waals surface area contributed by atoms with Crippen LogP contribution in [0.2, 0.25) is 0 Å². The Bertz CT molecular complexity index is 698. The van der Waals surface area contributed by atoms with E-state index in [2.05, 4.69) is 15.3 Å². The number of ether oxygens (including phenoxy) is 2. The Kier molecular flexibility index (Phi) is 9.74. The van der Waals surface area contributed by atoms with Gasteiger partial charge < -0.3 is 25.6 Å². The van der Waals surface area contributed by atoms with E-state index in [1.165, 1.54) is 0 Å². The number of halogens is 1. The standard InChI is InChI=1S/C18H24N4O3.HI/c1-24-16-7-6-15(10-17(16)25-2)22-18(19)21-11-13(12-23)9-14-5-3-4-8-20-14;/h3-8,10,13,23H,9,11-12H2,1-2H3,(H3,19,21,22);1H. The number of aliphatic imine (C=N–C) groups is 1. The molecule has 26 heavy (non-hydrogen) atoms. The van der Waals surface area contributed by atoms with E-state index < -0.39 is 0 Å². The van der Waals surface area contributed by atoms with Crippen LogP contribution in [-0.2, 0) is 6.42 Å². The quantitative estimate of drug-likeness (QED) is 0.310. The van der Waals surface area contributed by atoms with Gasteiger partial charge in [-0.2, -0.15) is 0 Å². The maximum Gasteiger partial charge on any atom is 0.193 e. The van der Waals surface area contributed by atoms with Crippen molar-refractivity contribution in [2.24, 2.45) is 16.6 Å². The maximum absolute atomic E-state index is 9.53. The molecule has 2 aromatic rings. The number of aromatic nitrogens is 1. The Morgan fingerprint density at radius 2 is 2.00 bits per heavy atom. The molecule has 1 aromatic carbocycles. The van der Waals surface area contributed by atoms with E-state index in [1.807, 2.05) is 24.3 Å². The molecule has 0 saturated carbocycles. The predicted molar refractivity (Wildman–Crippen MR) is 114 cm³/mol. The molecular weight excluding hydrogens is 447 g/mol. The predicted octanol–water partition coefficient (Wildman–Crippen LogP) is 2.29. The number of nitrogens with one attached hydrogen (secondary N) is 1. The number of nitrogens with two attached hydrogens (primary N) is 1. The van der Waals surface area contributed by atoms with E-state index >= 15 is 0 Å². The number of aliphatic hydroxyl groups is 1. The van der Waals surface area contributed by atoms with Gasteiger partial charge in [0.2, 0.25) is 0 Å². The minimum Gasteiger partial charge on any atom is -0.493 e. The van der Waals surface area contributed by atoms with E-state index in [0.717, 1.165) is 11.4 Å². The largest absolute Gasteiger partial charge is 0.493 e. The summed E-state index contributed by atoms with van der Waals surface area (Å²) in [5.41, 5.74) is 7.59. The number of hydrogen-bond acceptors (Lipinski definition) is 5. The van der Waals surface area contributed by atoms with Gasteiger partial charge in [0.15, 0.2) is 17.5 Å². The van der Waals surface area contributed by atoms with Crippen molar-refractivity contribution < 1.29 is 14.6 Å². The lowest BCUT2D eigenvalue weighted by Crippen LogP contribution is -2.25. The van der Waals surface area contributed by atoms with Gasteiger partial charge in [-0.15, -0.1) is 24.0 Å². The van der Waals surface area contributed by atoms with Crippen molar-refractivity contribution in [3.63, 3.8) is 0 Å². The van der Waals surface area contributed by atoms with Crippen LogP contribution in [0.15, 0.2) is 47.6 Å². The fourth-order valence-electron chi connectivity index (χ4n) is 2.33. The third-order valence-electron chi connectivity index (χ3n) is 3.66. The normalized spacial score (nSPS) is 12.0. The smallest absolute Gasteiger partial charge is 0.193 e. The molecular formula is C18H25IN4O3. The Hall–Kier alpha value is -2.07. The molecule has 0 spiro atoms. The molecule has 0 radical (unpaired) electrons. The molecule has 0 fully saturated rings. The molecule has 0 amide bonds. The highest BCUT2D eigenvalue weighted by Gasteiger charge is 2.10. The van der Waals surface area contributed by atoms with Gasteiger partial charge in [-0.25, -0.2) is 0 Å². The number of nitrogens with zero attached hydrogens (tertiary/aromatic N) is 2. The fraction of sp³-hybridized carbons (Fsp3) is 0.333. The third-order valence-corrected chi connectivity index (χ3v) is 3.66. The van der Waals surface area contributed by atoms with Gasteiger partial charge >= 0.3 is 0 Å². The van der Waals surface area contributed by atoms with Crippen molar-refractivity contribution in [1.82, 2.24) is 4.98 Å². The maximum atomic E-state index is 9.53. The summed E-state index contributed by atoms with van der Waals surface area (Å²) in [6, 6.07) is 11.1. The minimum absolute atomic E-state index is 0. The topological polar surface area (TPSA) is 102 Å². The molecule has 0 aliphatic carbocycles. The first-order valence-corrected chi connectivity index (χ1v) is 7.96. The van der Waals surface area contributed by atoms with E-state index in [0.29, 0.717) is 24.5 Å². The summed E-state index contributed by atoms with van der Waals surface area (Å²) in [6.45, 7) is 0.420. The summed E-state index contributed by atoms with van der Waals surface area (Å²) in [5.74, 6) is 1.47. The van der Waals surface area contributed by atoms with E-state index in [4.69, 9.17) is 15.2 Å². The van der Waals surface area contributed by atoms with Crippen LogP contribution in [0, 0.1) is 5.92 Å². The van der Waals surface area contributed by atoms with Crippen LogP contribution in [0.5, 0.6) is 11.5 Å². The number of pyridine rings is 1. The molecule has 2 rings (SSSR count). The SMILES string of the molecule is COc1ccc(NC(N)=NCC(CO)Cc2ccccn2)cc1OC.I. The van der Waals surface area contributed by atoms with Crippen molar-refractivity contribution >= 4 is 35.6 Å². The number of rotatable bonds is 8. The lowest BCUT2D eigenvalue weighted by atomic mass is 10.0. The molecule has 0 aliphatic heterocycles. The van der Waals surface area contributed by atoms with Gasteiger partial charge in [-0.05, 0) is 30.7 Å². The van der Waals surface area contributed by atoms with Gasteiger partial charge in [0.05, 0.1) is 14.2 Å². The molecule has 4 N–H and O–H groups in total. The van der Waals surface area contributed by atoms with Crippen molar-refractivity contribution in [3.8, 4) is 11.5 Å². The number of guanidine groups is 1. The molecule has 0 saturated heterocycles. The van der Waals surface area contributed by atoms with Crippen LogP contribution in [-0.4, -0.2) is 43.4 Å². The van der Waals surface area contributed by atoms with Crippen molar-refractivity contribution in [2.45, 2.75) is 6.42 Å². The van der Waals surface area contributed by atoms with Gasteiger partial charge in [0.1, 0.15) is 0 Å².